The van der Waals surface area contributed by atoms with E-state index in [9.17, 15) is 14.4 Å². The number of likely N-dealkylation sites (tertiary alicyclic amines) is 1. The number of hydrogen-bond donors (Lipinski definition) is 1. The highest BCUT2D eigenvalue weighted by molar-refractivity contribution is 9.11. The van der Waals surface area contributed by atoms with E-state index in [1.165, 1.54) is 11.3 Å². The van der Waals surface area contributed by atoms with Gasteiger partial charge in [-0.25, -0.2) is 0 Å². The largest absolute Gasteiger partial charge is 0.466 e. The number of hydrogen-bond acceptors (Lipinski definition) is 5. The number of thiophene rings is 1. The number of ether oxygens (including phenoxy) is 1. The number of carbonyl (C=O) groups is 3. The normalized spacial score (nSPS) is 18.3. The van der Waals surface area contributed by atoms with E-state index < -0.39 is 6.04 Å². The fraction of sp³-hybridized carbons (Fsp3) is 0.611. The smallest absolute Gasteiger partial charge is 0.305 e. The molecule has 0 aromatic carbocycles. The van der Waals surface area contributed by atoms with Crippen LogP contribution in [-0.2, 0) is 14.3 Å². The summed E-state index contributed by atoms with van der Waals surface area (Å²) in [6.07, 6.45) is 3.04. The number of esters is 1. The van der Waals surface area contributed by atoms with Crippen molar-refractivity contribution < 1.29 is 19.1 Å². The van der Waals surface area contributed by atoms with E-state index in [2.05, 4.69) is 21.2 Å². The average molecular weight is 445 g/mol. The molecule has 1 aliphatic rings. The number of carbonyl (C=O) groups excluding carboxylic acids is 3. The van der Waals surface area contributed by atoms with Crippen molar-refractivity contribution in [2.24, 2.45) is 5.92 Å². The molecular weight excluding hydrogens is 420 g/mol. The second-order valence-corrected chi connectivity index (χ2v) is 8.90. The van der Waals surface area contributed by atoms with Gasteiger partial charge in [-0.05, 0) is 67.1 Å². The Bertz CT molecular complexity index is 649. The Morgan fingerprint density at radius 2 is 2.19 bits per heavy atom. The molecule has 1 fully saturated rings. The van der Waals surface area contributed by atoms with Gasteiger partial charge in [0.05, 0.1) is 15.3 Å². The monoisotopic (exact) mass is 444 g/mol. The van der Waals surface area contributed by atoms with Crippen molar-refractivity contribution in [2.75, 3.05) is 19.7 Å². The first-order chi connectivity index (χ1) is 12.4. The van der Waals surface area contributed by atoms with Gasteiger partial charge in [0.2, 0.25) is 5.91 Å². The van der Waals surface area contributed by atoms with Crippen LogP contribution in [0.5, 0.6) is 0 Å². The van der Waals surface area contributed by atoms with E-state index in [0.29, 0.717) is 36.9 Å². The zero-order valence-electron chi connectivity index (χ0n) is 15.1. The van der Waals surface area contributed by atoms with Gasteiger partial charge in [0.25, 0.3) is 5.91 Å². The van der Waals surface area contributed by atoms with Crippen LogP contribution in [0.4, 0.5) is 0 Å². The topological polar surface area (TPSA) is 75.7 Å². The molecule has 0 saturated carbocycles. The van der Waals surface area contributed by atoms with Crippen molar-refractivity contribution in [1.29, 1.82) is 0 Å². The molecule has 0 spiro atoms. The summed E-state index contributed by atoms with van der Waals surface area (Å²) in [4.78, 5) is 38.8. The van der Waals surface area contributed by atoms with Crippen molar-refractivity contribution in [3.05, 3.63) is 20.8 Å². The number of halogens is 1. The first kappa shape index (κ1) is 20.9. The summed E-state index contributed by atoms with van der Waals surface area (Å²) in [6.45, 7) is 5.23. The minimum Gasteiger partial charge on any atom is -0.466 e. The fourth-order valence-corrected chi connectivity index (χ4v) is 4.38. The molecule has 1 saturated heterocycles. The van der Waals surface area contributed by atoms with Gasteiger partial charge in [-0.1, -0.05) is 0 Å². The van der Waals surface area contributed by atoms with Crippen LogP contribution in [-0.4, -0.2) is 48.4 Å². The van der Waals surface area contributed by atoms with E-state index in [0.717, 1.165) is 23.0 Å². The first-order valence-electron chi connectivity index (χ1n) is 8.91. The lowest BCUT2D eigenvalue weighted by Crippen LogP contribution is -2.50. The van der Waals surface area contributed by atoms with Crippen molar-refractivity contribution in [3.8, 4) is 0 Å². The van der Waals surface area contributed by atoms with Crippen LogP contribution in [0.1, 0.15) is 49.2 Å². The third-order valence-electron chi connectivity index (χ3n) is 4.41. The van der Waals surface area contributed by atoms with E-state index >= 15 is 0 Å². The lowest BCUT2D eigenvalue weighted by atomic mass is 9.93. The molecule has 1 aliphatic heterocycles. The Kier molecular flexibility index (Phi) is 8.09. The predicted molar refractivity (Wildman–Crippen MR) is 104 cm³/mol. The molecule has 8 heteroatoms. The summed E-state index contributed by atoms with van der Waals surface area (Å²) in [7, 11) is 0. The van der Waals surface area contributed by atoms with Gasteiger partial charge >= 0.3 is 5.97 Å². The van der Waals surface area contributed by atoms with Crippen LogP contribution < -0.4 is 5.32 Å². The zero-order chi connectivity index (χ0) is 19.1. The molecule has 0 radical (unpaired) electrons. The summed E-state index contributed by atoms with van der Waals surface area (Å²) >= 11 is 4.66. The molecule has 1 N–H and O–H groups in total. The maximum Gasteiger partial charge on any atom is 0.305 e. The molecule has 2 atom stereocenters. The highest BCUT2D eigenvalue weighted by atomic mass is 79.9. The molecule has 6 nitrogen and oxygen atoms in total. The second kappa shape index (κ2) is 10.1. The van der Waals surface area contributed by atoms with Crippen molar-refractivity contribution >= 4 is 45.1 Å². The van der Waals surface area contributed by atoms with Crippen LogP contribution in [0, 0.1) is 5.92 Å². The lowest BCUT2D eigenvalue weighted by Gasteiger charge is -2.34. The highest BCUT2D eigenvalue weighted by Crippen LogP contribution is 2.23. The summed E-state index contributed by atoms with van der Waals surface area (Å²) < 4.78 is 5.84. The van der Waals surface area contributed by atoms with Crippen LogP contribution in [0.2, 0.25) is 0 Å². The van der Waals surface area contributed by atoms with Crippen molar-refractivity contribution in [2.45, 2.75) is 45.6 Å². The minimum absolute atomic E-state index is 0.0743. The van der Waals surface area contributed by atoms with Crippen molar-refractivity contribution in [1.82, 2.24) is 10.2 Å². The Labute approximate surface area is 166 Å². The van der Waals surface area contributed by atoms with Crippen LogP contribution in [0.25, 0.3) is 0 Å². The third-order valence-corrected chi connectivity index (χ3v) is 6.03. The Morgan fingerprint density at radius 3 is 2.85 bits per heavy atom. The zero-order valence-corrected chi connectivity index (χ0v) is 17.5. The number of nitrogens with one attached hydrogen (secondary N) is 1. The molecule has 2 rings (SSSR count). The van der Waals surface area contributed by atoms with Gasteiger partial charge in [0.1, 0.15) is 6.04 Å². The number of nitrogens with zero attached hydrogens (tertiary/aromatic N) is 1. The molecule has 1 aromatic rings. The summed E-state index contributed by atoms with van der Waals surface area (Å²) in [5.74, 6) is -0.195. The predicted octanol–water partition coefficient (Wildman–Crippen LogP) is 3.21. The molecule has 0 bridgehead atoms. The van der Waals surface area contributed by atoms with E-state index in [1.54, 1.807) is 24.8 Å². The van der Waals surface area contributed by atoms with Gasteiger partial charge in [0.15, 0.2) is 0 Å². The standard InChI is InChI=1S/C18H25BrN2O4S/c1-3-25-16(22)9-6-13-5-4-10-21(11-13)18(24)12(2)20-17(23)14-7-8-15(19)26-14/h7-8,12-13H,3-6,9-11H2,1-2H3,(H,20,23). The molecule has 26 heavy (non-hydrogen) atoms. The Hall–Kier alpha value is -1.41. The number of amides is 2. The Balaban J connectivity index is 1.83. The van der Waals surface area contributed by atoms with E-state index in [4.69, 9.17) is 4.74 Å². The Morgan fingerprint density at radius 1 is 1.42 bits per heavy atom. The van der Waals surface area contributed by atoms with Crippen molar-refractivity contribution in [3.63, 3.8) is 0 Å². The molecular formula is C18H25BrN2O4S. The molecule has 2 amide bonds. The third kappa shape index (κ3) is 6.09. The van der Waals surface area contributed by atoms with Gasteiger partial charge in [0, 0.05) is 19.5 Å². The molecule has 2 unspecified atom stereocenters. The lowest BCUT2D eigenvalue weighted by molar-refractivity contribution is -0.143. The van der Waals surface area contributed by atoms with Crippen LogP contribution >= 0.6 is 27.3 Å². The minimum atomic E-state index is -0.577. The van der Waals surface area contributed by atoms with Gasteiger partial charge < -0.3 is 15.0 Å². The van der Waals surface area contributed by atoms with Crippen LogP contribution in [0.3, 0.4) is 0 Å². The maximum absolute atomic E-state index is 12.7. The number of rotatable bonds is 7. The SMILES string of the molecule is CCOC(=O)CCC1CCCN(C(=O)C(C)NC(=O)c2ccc(Br)s2)C1. The van der Waals surface area contributed by atoms with Gasteiger partial charge in [-0.2, -0.15) is 0 Å². The maximum atomic E-state index is 12.7. The summed E-state index contributed by atoms with van der Waals surface area (Å²) in [5, 5.41) is 2.77. The summed E-state index contributed by atoms with van der Waals surface area (Å²) in [6, 6.07) is 2.96. The summed E-state index contributed by atoms with van der Waals surface area (Å²) in [5.41, 5.74) is 0. The molecule has 144 valence electrons. The van der Waals surface area contributed by atoms with Crippen LogP contribution in [0.15, 0.2) is 15.9 Å². The first-order valence-corrected chi connectivity index (χ1v) is 10.5. The number of piperidine rings is 1. The van der Waals surface area contributed by atoms with Gasteiger partial charge in [-0.15, -0.1) is 11.3 Å². The fourth-order valence-electron chi connectivity index (χ4n) is 3.10. The molecule has 1 aromatic heterocycles. The quantitative estimate of drug-likeness (QED) is 0.654. The van der Waals surface area contributed by atoms with E-state index in [1.807, 2.05) is 6.07 Å². The molecule has 0 aliphatic carbocycles. The second-order valence-electron chi connectivity index (χ2n) is 6.44. The average Bonchev–Trinajstić information content (AvgIpc) is 3.06. The van der Waals surface area contributed by atoms with E-state index in [-0.39, 0.29) is 17.8 Å². The van der Waals surface area contributed by atoms with Gasteiger partial charge in [-0.3, -0.25) is 14.4 Å². The molecule has 2 heterocycles. The highest BCUT2D eigenvalue weighted by Gasteiger charge is 2.28.